The van der Waals surface area contributed by atoms with Crippen LogP contribution in [-0.4, -0.2) is 46.2 Å². The Morgan fingerprint density at radius 1 is 1.14 bits per heavy atom. The number of hydrogen-bond donors (Lipinski definition) is 4. The van der Waals surface area contributed by atoms with Gasteiger partial charge >= 0.3 is 5.97 Å². The average Bonchev–Trinajstić information content (AvgIpc) is 3.29. The van der Waals surface area contributed by atoms with Crippen LogP contribution in [0.1, 0.15) is 42.3 Å². The van der Waals surface area contributed by atoms with E-state index in [0.717, 1.165) is 5.39 Å². The molecule has 0 aliphatic carbocycles. The largest absolute Gasteiger partial charge is 0.478 e. The second kappa shape index (κ2) is 10.3. The first-order valence-electron chi connectivity index (χ1n) is 11.8. The number of pyridine rings is 1. The predicted molar refractivity (Wildman–Crippen MR) is 141 cm³/mol. The van der Waals surface area contributed by atoms with Crippen molar-refractivity contribution in [3.8, 4) is 0 Å². The molecule has 0 unspecified atom stereocenters. The van der Waals surface area contributed by atoms with Crippen LogP contribution in [0.15, 0.2) is 82.8 Å². The van der Waals surface area contributed by atoms with Crippen LogP contribution in [-0.2, 0) is 16.4 Å². The molecule has 37 heavy (non-hydrogen) atoms. The molecular formula is C27H30N4O5S. The SMILES string of the molecule is CC(C)(CCn1ccc2cc(C(=O)O)cnc21)NC[C@H](O)c1cccc(S(=O)(=O)c2ccccc2)c1N. The van der Waals surface area contributed by atoms with Crippen LogP contribution in [0.5, 0.6) is 0 Å². The standard InChI is InChI=1S/C27H30N4O5S/c1-27(2,12-14-31-13-11-18-15-19(26(33)34)16-29-25(18)31)30-17-22(32)21-9-6-10-23(24(21)28)37(35,36)20-7-4-3-5-8-20/h3-11,13,15-16,22,30,32H,12,14,17,28H2,1-2H3,(H,33,34)/t22-/m0/s1. The molecule has 0 bridgehead atoms. The van der Waals surface area contributed by atoms with E-state index in [1.165, 1.54) is 24.4 Å². The van der Waals surface area contributed by atoms with Gasteiger partial charge in [0.15, 0.2) is 0 Å². The number of aromatic nitrogens is 2. The minimum Gasteiger partial charge on any atom is -0.478 e. The molecule has 0 saturated heterocycles. The summed E-state index contributed by atoms with van der Waals surface area (Å²) in [7, 11) is -3.83. The second-order valence-corrected chi connectivity index (χ2v) is 11.5. The third-order valence-electron chi connectivity index (χ3n) is 6.40. The maximum absolute atomic E-state index is 13.1. The number of hydrogen-bond acceptors (Lipinski definition) is 7. The summed E-state index contributed by atoms with van der Waals surface area (Å²) in [5, 5.41) is 24.1. The lowest BCUT2D eigenvalue weighted by Crippen LogP contribution is -2.42. The van der Waals surface area contributed by atoms with Crippen LogP contribution in [0.4, 0.5) is 5.69 Å². The fourth-order valence-corrected chi connectivity index (χ4v) is 5.59. The fraction of sp³-hybridized carbons (Fsp3) is 0.259. The van der Waals surface area contributed by atoms with Crippen molar-refractivity contribution in [2.45, 2.75) is 48.2 Å². The van der Waals surface area contributed by atoms with Crippen LogP contribution in [0.3, 0.4) is 0 Å². The average molecular weight is 523 g/mol. The van der Waals surface area contributed by atoms with Gasteiger partial charge in [-0.05, 0) is 50.6 Å². The number of rotatable bonds is 10. The van der Waals surface area contributed by atoms with E-state index in [0.29, 0.717) is 24.2 Å². The molecule has 2 aromatic heterocycles. The van der Waals surface area contributed by atoms with E-state index in [4.69, 9.17) is 10.8 Å². The first-order chi connectivity index (χ1) is 17.5. The molecule has 0 aliphatic heterocycles. The summed E-state index contributed by atoms with van der Waals surface area (Å²) in [4.78, 5) is 15.6. The Morgan fingerprint density at radius 2 is 1.86 bits per heavy atom. The van der Waals surface area contributed by atoms with E-state index >= 15 is 0 Å². The molecule has 9 nitrogen and oxygen atoms in total. The van der Waals surface area contributed by atoms with E-state index in [1.54, 1.807) is 36.4 Å². The highest BCUT2D eigenvalue weighted by molar-refractivity contribution is 7.91. The number of carbonyl (C=O) groups is 1. The normalized spacial score (nSPS) is 13.1. The molecule has 10 heteroatoms. The highest BCUT2D eigenvalue weighted by Gasteiger charge is 2.25. The van der Waals surface area contributed by atoms with Gasteiger partial charge in [-0.25, -0.2) is 18.2 Å². The van der Waals surface area contributed by atoms with Crippen LogP contribution in [0.25, 0.3) is 11.0 Å². The number of benzene rings is 2. The number of aliphatic hydroxyl groups excluding tert-OH is 1. The number of β-amino-alcohol motifs (C(OH)–C–C–N with tert-alkyl or cyclic N) is 1. The molecule has 1 atom stereocenters. The van der Waals surface area contributed by atoms with Crippen molar-refractivity contribution in [2.75, 3.05) is 12.3 Å². The molecule has 5 N–H and O–H groups in total. The molecule has 0 spiro atoms. The van der Waals surface area contributed by atoms with Gasteiger partial charge in [-0.1, -0.05) is 30.3 Å². The lowest BCUT2D eigenvalue weighted by Gasteiger charge is -2.28. The summed E-state index contributed by atoms with van der Waals surface area (Å²) >= 11 is 0. The van der Waals surface area contributed by atoms with Crippen molar-refractivity contribution in [1.82, 2.24) is 14.9 Å². The number of nitrogens with one attached hydrogen (secondary N) is 1. The first kappa shape index (κ1) is 26.3. The molecule has 0 radical (unpaired) electrons. The summed E-state index contributed by atoms with van der Waals surface area (Å²) in [6.07, 6.45) is 2.88. The van der Waals surface area contributed by atoms with Crippen molar-refractivity contribution in [1.29, 1.82) is 0 Å². The number of aliphatic hydroxyl groups is 1. The number of sulfone groups is 1. The Bertz CT molecular complexity index is 1530. The number of aryl methyl sites for hydroxylation is 1. The van der Waals surface area contributed by atoms with E-state index in [9.17, 15) is 18.3 Å². The Morgan fingerprint density at radius 3 is 2.57 bits per heavy atom. The minimum absolute atomic E-state index is 0.0316. The third-order valence-corrected chi connectivity index (χ3v) is 8.23. The molecule has 0 aliphatic rings. The molecule has 0 fully saturated rings. The lowest BCUT2D eigenvalue weighted by atomic mass is 9.99. The van der Waals surface area contributed by atoms with Gasteiger partial charge in [-0.15, -0.1) is 0 Å². The number of nitrogen functional groups attached to an aromatic ring is 1. The summed E-state index contributed by atoms with van der Waals surface area (Å²) in [5.74, 6) is -1.02. The van der Waals surface area contributed by atoms with Gasteiger partial charge in [0.05, 0.1) is 27.1 Å². The predicted octanol–water partition coefficient (Wildman–Crippen LogP) is 3.64. The molecular weight excluding hydrogens is 492 g/mol. The van der Waals surface area contributed by atoms with Crippen molar-refractivity contribution < 1.29 is 23.4 Å². The third kappa shape index (κ3) is 5.66. The maximum atomic E-state index is 13.1. The van der Waals surface area contributed by atoms with Crippen LogP contribution in [0.2, 0.25) is 0 Å². The zero-order valence-electron chi connectivity index (χ0n) is 20.6. The lowest BCUT2D eigenvalue weighted by molar-refractivity contribution is 0.0696. The van der Waals surface area contributed by atoms with Gasteiger partial charge in [0.25, 0.3) is 0 Å². The number of carboxylic acids is 1. The monoisotopic (exact) mass is 522 g/mol. The van der Waals surface area contributed by atoms with Gasteiger partial charge in [-0.2, -0.15) is 0 Å². The number of carboxylic acid groups (broad SMARTS) is 1. The van der Waals surface area contributed by atoms with E-state index in [1.807, 2.05) is 30.7 Å². The van der Waals surface area contributed by atoms with Gasteiger partial charge in [0.2, 0.25) is 9.84 Å². The molecule has 0 amide bonds. The number of nitrogens with two attached hydrogens (primary N) is 1. The maximum Gasteiger partial charge on any atom is 0.337 e. The summed E-state index contributed by atoms with van der Waals surface area (Å²) < 4.78 is 28.1. The number of para-hydroxylation sites is 1. The van der Waals surface area contributed by atoms with E-state index in [-0.39, 0.29) is 33.1 Å². The Kier molecular flexibility index (Phi) is 7.35. The second-order valence-electron chi connectivity index (χ2n) is 9.56. The van der Waals surface area contributed by atoms with Crippen molar-refractivity contribution in [2.24, 2.45) is 0 Å². The number of nitrogens with zero attached hydrogens (tertiary/aromatic N) is 2. The van der Waals surface area contributed by atoms with Crippen molar-refractivity contribution in [3.63, 3.8) is 0 Å². The van der Waals surface area contributed by atoms with Crippen molar-refractivity contribution in [3.05, 3.63) is 84.2 Å². The highest BCUT2D eigenvalue weighted by Crippen LogP contribution is 2.31. The Balaban J connectivity index is 1.43. The molecule has 194 valence electrons. The fourth-order valence-electron chi connectivity index (χ4n) is 4.16. The van der Waals surface area contributed by atoms with E-state index < -0.39 is 21.9 Å². The smallest absolute Gasteiger partial charge is 0.337 e. The zero-order valence-corrected chi connectivity index (χ0v) is 21.4. The van der Waals surface area contributed by atoms with Gasteiger partial charge in [0, 0.05) is 42.0 Å². The van der Waals surface area contributed by atoms with Crippen LogP contribution < -0.4 is 11.1 Å². The van der Waals surface area contributed by atoms with Crippen LogP contribution in [0, 0.1) is 0 Å². The Labute approximate surface area is 215 Å². The van der Waals surface area contributed by atoms with E-state index in [2.05, 4.69) is 10.3 Å². The highest BCUT2D eigenvalue weighted by atomic mass is 32.2. The number of aromatic carboxylic acids is 1. The quantitative estimate of drug-likeness (QED) is 0.231. The zero-order chi connectivity index (χ0) is 26.8. The minimum atomic E-state index is -3.83. The number of fused-ring (bicyclic) bond motifs is 1. The molecule has 4 aromatic rings. The molecule has 2 heterocycles. The first-order valence-corrected chi connectivity index (χ1v) is 13.3. The number of anilines is 1. The van der Waals surface area contributed by atoms with Gasteiger partial charge < -0.3 is 25.8 Å². The van der Waals surface area contributed by atoms with Gasteiger partial charge in [-0.3, -0.25) is 0 Å². The molecule has 0 saturated carbocycles. The van der Waals surface area contributed by atoms with Gasteiger partial charge in [0.1, 0.15) is 5.65 Å². The van der Waals surface area contributed by atoms with Crippen molar-refractivity contribution >= 4 is 32.5 Å². The molecule has 2 aromatic carbocycles. The summed E-state index contributed by atoms with van der Waals surface area (Å²) in [6, 6.07) is 16.1. The topological polar surface area (TPSA) is 148 Å². The summed E-state index contributed by atoms with van der Waals surface area (Å²) in [6.45, 7) is 4.78. The molecule has 4 rings (SSSR count). The Hall–Kier alpha value is -3.73. The summed E-state index contributed by atoms with van der Waals surface area (Å²) in [5.41, 5.74) is 7.06. The van der Waals surface area contributed by atoms with Crippen LogP contribution >= 0.6 is 0 Å².